The van der Waals surface area contributed by atoms with Crippen molar-refractivity contribution in [1.29, 1.82) is 0 Å². The van der Waals surface area contributed by atoms with Gasteiger partial charge in [-0.25, -0.2) is 4.98 Å². The first-order chi connectivity index (χ1) is 8.42. The molecule has 1 aliphatic rings. The lowest BCUT2D eigenvalue weighted by Crippen LogP contribution is -2.50. The first-order valence-corrected chi connectivity index (χ1v) is 6.09. The average molecular weight is 249 g/mol. The first-order valence-electron chi connectivity index (χ1n) is 6.09. The number of pyridine rings is 1. The van der Waals surface area contributed by atoms with Gasteiger partial charge in [0.1, 0.15) is 5.82 Å². The van der Waals surface area contributed by atoms with Crippen LogP contribution < -0.4 is 5.73 Å². The zero-order valence-corrected chi connectivity index (χ0v) is 10.8. The molecule has 1 saturated heterocycles. The average Bonchev–Trinajstić information content (AvgIpc) is 2.32. The molecule has 5 heteroatoms. The van der Waals surface area contributed by atoms with Crippen LogP contribution in [0.1, 0.15) is 30.6 Å². The van der Waals surface area contributed by atoms with Gasteiger partial charge >= 0.3 is 0 Å². The fourth-order valence-electron chi connectivity index (χ4n) is 2.29. The number of piperidine rings is 1. The van der Waals surface area contributed by atoms with Crippen LogP contribution in [-0.4, -0.2) is 40.1 Å². The molecule has 1 fully saturated rings. The van der Waals surface area contributed by atoms with Gasteiger partial charge in [0.05, 0.1) is 11.7 Å². The third-order valence-corrected chi connectivity index (χ3v) is 3.53. The number of carbonyl (C=O) groups excluding carboxylic acids is 1. The number of amides is 1. The van der Waals surface area contributed by atoms with E-state index in [0.717, 1.165) is 0 Å². The number of carbonyl (C=O) groups is 1. The Kier molecular flexibility index (Phi) is 3.26. The SMILES string of the molecule is CC1(C)CN(C(=O)c2cccnc2N)CCC1O. The number of aliphatic hydroxyl groups excluding tert-OH is 1. The van der Waals surface area contributed by atoms with Crippen molar-refractivity contribution in [2.24, 2.45) is 5.41 Å². The van der Waals surface area contributed by atoms with Gasteiger partial charge in [0.25, 0.3) is 5.91 Å². The number of hydrogen-bond donors (Lipinski definition) is 2. The number of aromatic nitrogens is 1. The van der Waals surface area contributed by atoms with Gasteiger partial charge in [0.2, 0.25) is 0 Å². The van der Waals surface area contributed by atoms with Crippen molar-refractivity contribution < 1.29 is 9.90 Å². The van der Waals surface area contributed by atoms with Crippen LogP contribution in [0.5, 0.6) is 0 Å². The summed E-state index contributed by atoms with van der Waals surface area (Å²) < 4.78 is 0. The van der Waals surface area contributed by atoms with Crippen molar-refractivity contribution in [3.63, 3.8) is 0 Å². The zero-order valence-electron chi connectivity index (χ0n) is 10.8. The van der Waals surface area contributed by atoms with Gasteiger partial charge < -0.3 is 15.7 Å². The lowest BCUT2D eigenvalue weighted by atomic mass is 9.81. The Morgan fingerprint density at radius 2 is 2.33 bits per heavy atom. The van der Waals surface area contributed by atoms with Gasteiger partial charge in [0.15, 0.2) is 0 Å². The summed E-state index contributed by atoms with van der Waals surface area (Å²) in [6, 6.07) is 3.39. The number of hydrogen-bond acceptors (Lipinski definition) is 4. The van der Waals surface area contributed by atoms with E-state index in [9.17, 15) is 9.90 Å². The number of nitrogen functional groups attached to an aromatic ring is 1. The molecule has 5 nitrogen and oxygen atoms in total. The highest BCUT2D eigenvalue weighted by Crippen LogP contribution is 2.30. The summed E-state index contributed by atoms with van der Waals surface area (Å²) in [5.74, 6) is 0.145. The maximum absolute atomic E-state index is 12.3. The summed E-state index contributed by atoms with van der Waals surface area (Å²) in [5, 5.41) is 9.89. The van der Waals surface area contributed by atoms with Crippen LogP contribution in [-0.2, 0) is 0 Å². The monoisotopic (exact) mass is 249 g/mol. The summed E-state index contributed by atoms with van der Waals surface area (Å²) >= 11 is 0. The normalized spacial score (nSPS) is 22.8. The highest BCUT2D eigenvalue weighted by molar-refractivity contribution is 5.98. The first kappa shape index (κ1) is 12.8. The van der Waals surface area contributed by atoms with Crippen molar-refractivity contribution in [2.75, 3.05) is 18.8 Å². The number of nitrogens with two attached hydrogens (primary N) is 1. The van der Waals surface area contributed by atoms with E-state index in [2.05, 4.69) is 4.98 Å². The van der Waals surface area contributed by atoms with Crippen molar-refractivity contribution in [3.05, 3.63) is 23.9 Å². The van der Waals surface area contributed by atoms with Gasteiger partial charge in [-0.05, 0) is 18.6 Å². The summed E-state index contributed by atoms with van der Waals surface area (Å²) in [6.07, 6.45) is 1.79. The van der Waals surface area contributed by atoms with E-state index >= 15 is 0 Å². The number of nitrogens with zero attached hydrogens (tertiary/aromatic N) is 2. The molecule has 2 heterocycles. The molecule has 0 bridgehead atoms. The summed E-state index contributed by atoms with van der Waals surface area (Å²) in [5.41, 5.74) is 5.86. The molecule has 0 spiro atoms. The lowest BCUT2D eigenvalue weighted by Gasteiger charge is -2.41. The predicted molar refractivity (Wildman–Crippen MR) is 69.0 cm³/mol. The van der Waals surface area contributed by atoms with E-state index in [1.165, 1.54) is 0 Å². The van der Waals surface area contributed by atoms with Crippen molar-refractivity contribution in [2.45, 2.75) is 26.4 Å². The van der Waals surface area contributed by atoms with Gasteiger partial charge in [-0.3, -0.25) is 4.79 Å². The van der Waals surface area contributed by atoms with Crippen LogP contribution in [0, 0.1) is 5.41 Å². The minimum atomic E-state index is -0.368. The minimum absolute atomic E-state index is 0.111. The maximum atomic E-state index is 12.3. The molecule has 98 valence electrons. The molecule has 1 aromatic rings. The van der Waals surface area contributed by atoms with Gasteiger partial charge in [0, 0.05) is 24.7 Å². The summed E-state index contributed by atoms with van der Waals surface area (Å²) in [6.45, 7) is 5.01. The van der Waals surface area contributed by atoms with Crippen molar-refractivity contribution >= 4 is 11.7 Å². The van der Waals surface area contributed by atoms with Crippen molar-refractivity contribution in [1.82, 2.24) is 9.88 Å². The Labute approximate surface area is 107 Å². The second-order valence-electron chi connectivity index (χ2n) is 5.46. The third-order valence-electron chi connectivity index (χ3n) is 3.53. The number of likely N-dealkylation sites (tertiary alicyclic amines) is 1. The molecule has 0 aliphatic carbocycles. The molecule has 0 aromatic carbocycles. The summed E-state index contributed by atoms with van der Waals surface area (Å²) in [7, 11) is 0. The molecule has 2 rings (SSSR count). The molecule has 1 aliphatic heterocycles. The second-order valence-corrected chi connectivity index (χ2v) is 5.46. The second kappa shape index (κ2) is 4.57. The molecule has 1 unspecified atom stereocenters. The lowest BCUT2D eigenvalue weighted by molar-refractivity contribution is -0.0181. The molecule has 3 N–H and O–H groups in total. The van der Waals surface area contributed by atoms with Crippen LogP contribution in [0.25, 0.3) is 0 Å². The Hall–Kier alpha value is -1.62. The van der Waals surface area contributed by atoms with E-state index in [4.69, 9.17) is 5.73 Å². The highest BCUT2D eigenvalue weighted by atomic mass is 16.3. The Morgan fingerprint density at radius 1 is 1.61 bits per heavy atom. The van der Waals surface area contributed by atoms with E-state index in [-0.39, 0.29) is 23.2 Å². The fraction of sp³-hybridized carbons (Fsp3) is 0.538. The molecular weight excluding hydrogens is 230 g/mol. The van der Waals surface area contributed by atoms with E-state index in [1.807, 2.05) is 13.8 Å². The van der Waals surface area contributed by atoms with Gasteiger partial charge in [-0.1, -0.05) is 13.8 Å². The molecule has 1 atom stereocenters. The van der Waals surface area contributed by atoms with Crippen LogP contribution in [0.2, 0.25) is 0 Å². The Bertz CT molecular complexity index is 459. The number of rotatable bonds is 1. The quantitative estimate of drug-likeness (QED) is 0.775. The van der Waals surface area contributed by atoms with Gasteiger partial charge in [-0.15, -0.1) is 0 Å². The zero-order chi connectivity index (χ0) is 13.3. The standard InChI is InChI=1S/C13H19N3O2/c1-13(2)8-16(7-5-10(13)17)12(18)9-4-3-6-15-11(9)14/h3-4,6,10,17H,5,7-8H2,1-2H3,(H2,14,15). The highest BCUT2D eigenvalue weighted by Gasteiger charge is 2.36. The molecular formula is C13H19N3O2. The minimum Gasteiger partial charge on any atom is -0.392 e. The van der Waals surface area contributed by atoms with E-state index < -0.39 is 0 Å². The molecule has 18 heavy (non-hydrogen) atoms. The smallest absolute Gasteiger partial charge is 0.257 e. The van der Waals surface area contributed by atoms with Crippen LogP contribution in [0.4, 0.5) is 5.82 Å². The third kappa shape index (κ3) is 2.31. The molecule has 0 saturated carbocycles. The van der Waals surface area contributed by atoms with E-state index in [0.29, 0.717) is 25.1 Å². The predicted octanol–water partition coefficient (Wildman–Crippen LogP) is 0.897. The fourth-order valence-corrected chi connectivity index (χ4v) is 2.29. The maximum Gasteiger partial charge on any atom is 0.257 e. The molecule has 1 aromatic heterocycles. The van der Waals surface area contributed by atoms with Crippen LogP contribution in [0.3, 0.4) is 0 Å². The topological polar surface area (TPSA) is 79.5 Å². The Balaban J connectivity index is 2.18. The molecule has 1 amide bonds. The molecule has 0 radical (unpaired) electrons. The largest absolute Gasteiger partial charge is 0.392 e. The van der Waals surface area contributed by atoms with Crippen molar-refractivity contribution in [3.8, 4) is 0 Å². The van der Waals surface area contributed by atoms with Crippen LogP contribution in [0.15, 0.2) is 18.3 Å². The number of anilines is 1. The Morgan fingerprint density at radius 3 is 2.94 bits per heavy atom. The van der Waals surface area contributed by atoms with E-state index in [1.54, 1.807) is 23.2 Å². The van der Waals surface area contributed by atoms with Gasteiger partial charge in [-0.2, -0.15) is 0 Å². The summed E-state index contributed by atoms with van der Waals surface area (Å²) in [4.78, 5) is 18.0. The van der Waals surface area contributed by atoms with Crippen LogP contribution >= 0.6 is 0 Å². The number of aliphatic hydroxyl groups is 1.